The molecule has 0 aliphatic carbocycles. The normalized spacial score (nSPS) is 12.9. The monoisotopic (exact) mass is 167 g/mol. The molecule has 0 aromatic heterocycles. The highest BCUT2D eigenvalue weighted by Gasteiger charge is 2.08. The Balaban J connectivity index is 2.79. The van der Waals surface area contributed by atoms with Crippen LogP contribution in [0.1, 0.15) is 31.4 Å². The van der Waals surface area contributed by atoms with E-state index in [9.17, 15) is 4.39 Å². The molecule has 0 bridgehead atoms. The van der Waals surface area contributed by atoms with Crippen LogP contribution in [0.5, 0.6) is 0 Å². The van der Waals surface area contributed by atoms with Crippen LogP contribution in [0, 0.1) is 5.82 Å². The molecule has 2 N–H and O–H groups in total. The molecule has 1 atom stereocenters. The van der Waals surface area contributed by atoms with E-state index >= 15 is 0 Å². The van der Waals surface area contributed by atoms with Crippen molar-refractivity contribution in [1.29, 1.82) is 0 Å². The number of benzene rings is 1. The third-order valence-electron chi connectivity index (χ3n) is 1.90. The minimum atomic E-state index is -0.196. The average molecular weight is 167 g/mol. The number of hydrogen-bond donors (Lipinski definition) is 1. The van der Waals surface area contributed by atoms with Gasteiger partial charge in [0.05, 0.1) is 0 Å². The van der Waals surface area contributed by atoms with Crippen LogP contribution in [0.2, 0.25) is 0 Å². The van der Waals surface area contributed by atoms with Crippen LogP contribution in [0.4, 0.5) is 4.39 Å². The van der Waals surface area contributed by atoms with Crippen molar-refractivity contribution in [2.75, 3.05) is 0 Å². The summed E-state index contributed by atoms with van der Waals surface area (Å²) < 4.78 is 13.1. The van der Waals surface area contributed by atoms with E-state index < -0.39 is 0 Å². The summed E-state index contributed by atoms with van der Waals surface area (Å²) in [4.78, 5) is 0. The maximum atomic E-state index is 13.1. The maximum Gasteiger partial charge on any atom is 0.127 e. The molecule has 0 fully saturated rings. The molecule has 0 saturated carbocycles. The van der Waals surface area contributed by atoms with Gasteiger partial charge in [-0.2, -0.15) is 0 Å². The van der Waals surface area contributed by atoms with Crippen molar-refractivity contribution in [3.63, 3.8) is 0 Å². The summed E-state index contributed by atoms with van der Waals surface area (Å²) in [7, 11) is 0. The molecule has 0 radical (unpaired) electrons. The second kappa shape index (κ2) is 4.21. The quantitative estimate of drug-likeness (QED) is 0.735. The van der Waals surface area contributed by atoms with Crippen molar-refractivity contribution in [3.05, 3.63) is 35.6 Å². The molecule has 1 rings (SSSR count). The van der Waals surface area contributed by atoms with Gasteiger partial charge in [-0.15, -0.1) is 0 Å². The van der Waals surface area contributed by atoms with Gasteiger partial charge in [-0.05, 0) is 12.5 Å². The zero-order valence-corrected chi connectivity index (χ0v) is 7.26. The Labute approximate surface area is 72.4 Å². The van der Waals surface area contributed by atoms with Crippen molar-refractivity contribution in [1.82, 2.24) is 0 Å². The molecular formula is C10H14FN. The maximum absolute atomic E-state index is 13.1. The van der Waals surface area contributed by atoms with Crippen LogP contribution in [-0.2, 0) is 0 Å². The predicted molar refractivity (Wildman–Crippen MR) is 48.2 cm³/mol. The fraction of sp³-hybridized carbons (Fsp3) is 0.400. The summed E-state index contributed by atoms with van der Waals surface area (Å²) in [6.07, 6.45) is 1.82. The van der Waals surface area contributed by atoms with Gasteiger partial charge in [-0.25, -0.2) is 4.39 Å². The van der Waals surface area contributed by atoms with Crippen molar-refractivity contribution in [3.8, 4) is 0 Å². The first-order chi connectivity index (χ1) is 5.75. The Hall–Kier alpha value is -0.890. The lowest BCUT2D eigenvalue weighted by molar-refractivity contribution is 0.560. The molecule has 1 aromatic carbocycles. The predicted octanol–water partition coefficient (Wildman–Crippen LogP) is 2.63. The van der Waals surface area contributed by atoms with E-state index in [2.05, 4.69) is 0 Å². The van der Waals surface area contributed by atoms with Crippen LogP contribution >= 0.6 is 0 Å². The molecule has 0 spiro atoms. The summed E-state index contributed by atoms with van der Waals surface area (Å²) in [5.41, 5.74) is 6.39. The van der Waals surface area contributed by atoms with E-state index in [1.165, 1.54) is 6.07 Å². The smallest absolute Gasteiger partial charge is 0.127 e. The van der Waals surface area contributed by atoms with Gasteiger partial charge in [0.25, 0.3) is 0 Å². The Kier molecular flexibility index (Phi) is 3.23. The molecular weight excluding hydrogens is 153 g/mol. The van der Waals surface area contributed by atoms with E-state index in [0.29, 0.717) is 5.56 Å². The SMILES string of the molecule is CCC[C@H](N)c1ccccc1F. The van der Waals surface area contributed by atoms with Gasteiger partial charge in [0, 0.05) is 11.6 Å². The molecule has 1 nitrogen and oxygen atoms in total. The third-order valence-corrected chi connectivity index (χ3v) is 1.90. The average Bonchev–Trinajstić information content (AvgIpc) is 2.05. The van der Waals surface area contributed by atoms with Crippen LogP contribution < -0.4 is 5.73 Å². The van der Waals surface area contributed by atoms with Gasteiger partial charge in [0.2, 0.25) is 0 Å². The largest absolute Gasteiger partial charge is 0.324 e. The second-order valence-corrected chi connectivity index (χ2v) is 2.92. The van der Waals surface area contributed by atoms with Crippen molar-refractivity contribution in [2.45, 2.75) is 25.8 Å². The number of nitrogens with two attached hydrogens (primary N) is 1. The molecule has 2 heteroatoms. The summed E-state index contributed by atoms with van der Waals surface area (Å²) in [6, 6.07) is 6.53. The van der Waals surface area contributed by atoms with Gasteiger partial charge in [-0.3, -0.25) is 0 Å². The lowest BCUT2D eigenvalue weighted by Gasteiger charge is -2.10. The second-order valence-electron chi connectivity index (χ2n) is 2.92. The Bertz CT molecular complexity index is 247. The third kappa shape index (κ3) is 2.05. The standard InChI is InChI=1S/C10H14FN/c1-2-5-10(12)8-6-3-4-7-9(8)11/h3-4,6-7,10H,2,5,12H2,1H3/t10-/m0/s1. The summed E-state index contributed by atoms with van der Waals surface area (Å²) in [5.74, 6) is -0.196. The minimum Gasteiger partial charge on any atom is -0.324 e. The van der Waals surface area contributed by atoms with Crippen molar-refractivity contribution < 1.29 is 4.39 Å². The highest BCUT2D eigenvalue weighted by molar-refractivity contribution is 5.20. The first-order valence-corrected chi connectivity index (χ1v) is 4.25. The van der Waals surface area contributed by atoms with Gasteiger partial charge in [0.15, 0.2) is 0 Å². The molecule has 0 aliphatic heterocycles. The molecule has 66 valence electrons. The van der Waals surface area contributed by atoms with E-state index in [-0.39, 0.29) is 11.9 Å². The molecule has 0 unspecified atom stereocenters. The minimum absolute atomic E-state index is 0.156. The molecule has 12 heavy (non-hydrogen) atoms. The molecule has 0 aliphatic rings. The number of rotatable bonds is 3. The summed E-state index contributed by atoms with van der Waals surface area (Å²) >= 11 is 0. The van der Waals surface area contributed by atoms with Crippen LogP contribution in [-0.4, -0.2) is 0 Å². The van der Waals surface area contributed by atoms with Crippen molar-refractivity contribution >= 4 is 0 Å². The molecule has 0 amide bonds. The Morgan fingerprint density at radius 1 is 1.42 bits per heavy atom. The lowest BCUT2D eigenvalue weighted by atomic mass is 10.0. The van der Waals surface area contributed by atoms with Crippen LogP contribution in [0.25, 0.3) is 0 Å². The first kappa shape index (κ1) is 9.20. The Morgan fingerprint density at radius 2 is 2.08 bits per heavy atom. The topological polar surface area (TPSA) is 26.0 Å². The van der Waals surface area contributed by atoms with E-state index in [1.54, 1.807) is 12.1 Å². The van der Waals surface area contributed by atoms with Gasteiger partial charge in [0.1, 0.15) is 5.82 Å². The van der Waals surface area contributed by atoms with E-state index in [0.717, 1.165) is 12.8 Å². The lowest BCUT2D eigenvalue weighted by Crippen LogP contribution is -2.11. The fourth-order valence-electron chi connectivity index (χ4n) is 1.24. The summed E-state index contributed by atoms with van der Waals surface area (Å²) in [5, 5.41) is 0. The Morgan fingerprint density at radius 3 is 2.67 bits per heavy atom. The molecule has 0 heterocycles. The fourth-order valence-corrected chi connectivity index (χ4v) is 1.24. The van der Waals surface area contributed by atoms with Gasteiger partial charge < -0.3 is 5.73 Å². The highest BCUT2D eigenvalue weighted by Crippen LogP contribution is 2.18. The highest BCUT2D eigenvalue weighted by atomic mass is 19.1. The van der Waals surface area contributed by atoms with Crippen LogP contribution in [0.15, 0.2) is 24.3 Å². The molecule has 0 saturated heterocycles. The first-order valence-electron chi connectivity index (χ1n) is 4.25. The summed E-state index contributed by atoms with van der Waals surface area (Å²) in [6.45, 7) is 2.04. The van der Waals surface area contributed by atoms with Gasteiger partial charge in [-0.1, -0.05) is 31.5 Å². The number of halogens is 1. The van der Waals surface area contributed by atoms with Crippen LogP contribution in [0.3, 0.4) is 0 Å². The van der Waals surface area contributed by atoms with Gasteiger partial charge >= 0.3 is 0 Å². The zero-order valence-electron chi connectivity index (χ0n) is 7.26. The zero-order chi connectivity index (χ0) is 8.97. The molecule has 1 aromatic rings. The van der Waals surface area contributed by atoms with E-state index in [4.69, 9.17) is 5.73 Å². The van der Waals surface area contributed by atoms with E-state index in [1.807, 2.05) is 13.0 Å². The van der Waals surface area contributed by atoms with Crippen molar-refractivity contribution in [2.24, 2.45) is 5.73 Å². The number of hydrogen-bond acceptors (Lipinski definition) is 1.